The maximum atomic E-state index is 13.2. The van der Waals surface area contributed by atoms with Crippen molar-refractivity contribution in [2.45, 2.75) is 0 Å². The maximum absolute atomic E-state index is 13.2. The van der Waals surface area contributed by atoms with Crippen molar-refractivity contribution in [3.8, 4) is 0 Å². The molecule has 0 aromatic heterocycles. The van der Waals surface area contributed by atoms with E-state index in [1.807, 2.05) is 18.2 Å². The van der Waals surface area contributed by atoms with Gasteiger partial charge in [-0.05, 0) is 46.9 Å². The molecule has 0 atom stereocenters. The van der Waals surface area contributed by atoms with Crippen LogP contribution in [0.4, 0.5) is 10.1 Å². The van der Waals surface area contributed by atoms with Gasteiger partial charge in [0, 0.05) is 3.57 Å². The van der Waals surface area contributed by atoms with Crippen molar-refractivity contribution in [2.75, 3.05) is 5.32 Å². The van der Waals surface area contributed by atoms with Crippen LogP contribution in [0.5, 0.6) is 0 Å². The Labute approximate surface area is 122 Å². The van der Waals surface area contributed by atoms with E-state index in [9.17, 15) is 9.18 Å². The fraction of sp³-hybridized carbons (Fsp3) is 0. The average molecular weight is 376 g/mol. The highest BCUT2D eigenvalue weighted by Gasteiger charge is 2.14. The molecule has 1 amide bonds. The molecule has 2 nitrogen and oxygen atoms in total. The zero-order valence-corrected chi connectivity index (χ0v) is 12.0. The molecule has 2 aromatic carbocycles. The zero-order chi connectivity index (χ0) is 13.1. The van der Waals surface area contributed by atoms with Gasteiger partial charge in [-0.2, -0.15) is 0 Å². The van der Waals surface area contributed by atoms with E-state index < -0.39 is 11.7 Å². The molecule has 0 saturated carbocycles. The second-order valence-electron chi connectivity index (χ2n) is 3.54. The Morgan fingerprint density at radius 2 is 1.89 bits per heavy atom. The van der Waals surface area contributed by atoms with E-state index in [0.717, 1.165) is 3.57 Å². The van der Waals surface area contributed by atoms with Gasteiger partial charge in [0.05, 0.1) is 16.3 Å². The lowest BCUT2D eigenvalue weighted by molar-refractivity contribution is 0.102. The van der Waals surface area contributed by atoms with Crippen LogP contribution in [0.1, 0.15) is 10.4 Å². The Bertz CT molecular complexity index is 603. The predicted octanol–water partition coefficient (Wildman–Crippen LogP) is 4.34. The van der Waals surface area contributed by atoms with Crippen LogP contribution >= 0.6 is 34.2 Å². The van der Waals surface area contributed by atoms with Gasteiger partial charge in [-0.25, -0.2) is 4.39 Å². The second-order valence-corrected chi connectivity index (χ2v) is 5.08. The Morgan fingerprint density at radius 1 is 1.17 bits per heavy atom. The number of para-hydroxylation sites is 1. The highest BCUT2D eigenvalue weighted by Crippen LogP contribution is 2.22. The van der Waals surface area contributed by atoms with Gasteiger partial charge in [0.25, 0.3) is 5.91 Å². The van der Waals surface area contributed by atoms with Gasteiger partial charge in [-0.3, -0.25) is 4.79 Å². The van der Waals surface area contributed by atoms with Crippen molar-refractivity contribution in [3.05, 3.63) is 62.4 Å². The van der Waals surface area contributed by atoms with E-state index in [2.05, 4.69) is 27.9 Å². The first-order chi connectivity index (χ1) is 8.59. The van der Waals surface area contributed by atoms with Crippen LogP contribution in [0.15, 0.2) is 42.5 Å². The van der Waals surface area contributed by atoms with Crippen LogP contribution in [0.25, 0.3) is 0 Å². The van der Waals surface area contributed by atoms with Crippen LogP contribution < -0.4 is 5.32 Å². The first kappa shape index (κ1) is 13.3. The highest BCUT2D eigenvalue weighted by atomic mass is 127. The Morgan fingerprint density at radius 3 is 2.61 bits per heavy atom. The van der Waals surface area contributed by atoms with E-state index in [4.69, 9.17) is 11.6 Å². The van der Waals surface area contributed by atoms with Gasteiger partial charge in [-0.1, -0.05) is 29.8 Å². The minimum absolute atomic E-state index is 0.122. The fourth-order valence-electron chi connectivity index (χ4n) is 1.43. The first-order valence-corrected chi connectivity index (χ1v) is 6.55. The van der Waals surface area contributed by atoms with Crippen LogP contribution in [-0.2, 0) is 0 Å². The summed E-state index contributed by atoms with van der Waals surface area (Å²) in [6.45, 7) is 0. The molecular weight excluding hydrogens is 368 g/mol. The minimum Gasteiger partial charge on any atom is -0.321 e. The molecular formula is C13H8ClFINO. The number of rotatable bonds is 2. The molecule has 1 N–H and O–H groups in total. The van der Waals surface area contributed by atoms with E-state index in [1.165, 1.54) is 18.2 Å². The van der Waals surface area contributed by atoms with Crippen LogP contribution in [0.2, 0.25) is 5.02 Å². The summed E-state index contributed by atoms with van der Waals surface area (Å²) in [6.07, 6.45) is 0. The number of hydrogen-bond acceptors (Lipinski definition) is 1. The zero-order valence-electron chi connectivity index (χ0n) is 9.08. The Balaban J connectivity index is 2.28. The van der Waals surface area contributed by atoms with Crippen molar-refractivity contribution < 1.29 is 9.18 Å². The topological polar surface area (TPSA) is 29.1 Å². The monoisotopic (exact) mass is 375 g/mol. The summed E-state index contributed by atoms with van der Waals surface area (Å²) in [5.74, 6) is -1.03. The van der Waals surface area contributed by atoms with E-state index in [0.29, 0.717) is 5.69 Å². The molecule has 0 saturated heterocycles. The van der Waals surface area contributed by atoms with Crippen molar-refractivity contribution in [1.82, 2.24) is 0 Å². The highest BCUT2D eigenvalue weighted by molar-refractivity contribution is 14.1. The molecule has 18 heavy (non-hydrogen) atoms. The van der Waals surface area contributed by atoms with Gasteiger partial charge >= 0.3 is 0 Å². The van der Waals surface area contributed by atoms with Gasteiger partial charge in [0.1, 0.15) is 5.82 Å². The molecule has 0 bridgehead atoms. The summed E-state index contributed by atoms with van der Waals surface area (Å²) in [5.41, 5.74) is 0.791. The second kappa shape index (κ2) is 5.67. The quantitative estimate of drug-likeness (QED) is 0.778. The largest absolute Gasteiger partial charge is 0.321 e. The Hall–Kier alpha value is -1.14. The standard InChI is InChI=1S/C13H8ClFINO/c14-12-8(4-3-5-9(12)15)13(18)17-11-7-2-1-6-10(11)16/h1-7H,(H,17,18). The molecule has 2 rings (SSSR count). The van der Waals surface area contributed by atoms with Crippen molar-refractivity contribution >= 4 is 45.8 Å². The van der Waals surface area contributed by atoms with E-state index >= 15 is 0 Å². The number of carbonyl (C=O) groups excluding carboxylic acids is 1. The molecule has 0 heterocycles. The molecule has 0 aliphatic carbocycles. The molecule has 0 fully saturated rings. The molecule has 5 heteroatoms. The number of hydrogen-bond donors (Lipinski definition) is 1. The number of anilines is 1. The number of benzene rings is 2. The third-order valence-corrected chi connectivity index (χ3v) is 3.64. The smallest absolute Gasteiger partial charge is 0.257 e. The van der Waals surface area contributed by atoms with Gasteiger partial charge in [0.2, 0.25) is 0 Å². The van der Waals surface area contributed by atoms with Crippen LogP contribution in [0.3, 0.4) is 0 Å². The fourth-order valence-corrected chi connectivity index (χ4v) is 2.17. The molecule has 92 valence electrons. The summed E-state index contributed by atoms with van der Waals surface area (Å²) in [5, 5.41) is 2.53. The predicted molar refractivity (Wildman–Crippen MR) is 78.5 cm³/mol. The van der Waals surface area contributed by atoms with Crippen molar-refractivity contribution in [3.63, 3.8) is 0 Å². The van der Waals surface area contributed by atoms with Crippen LogP contribution in [0, 0.1) is 9.39 Å². The van der Waals surface area contributed by atoms with Gasteiger partial charge in [0.15, 0.2) is 0 Å². The van der Waals surface area contributed by atoms with E-state index in [1.54, 1.807) is 6.07 Å². The summed E-state index contributed by atoms with van der Waals surface area (Å²) < 4.78 is 14.1. The molecule has 2 aromatic rings. The van der Waals surface area contributed by atoms with Crippen molar-refractivity contribution in [2.24, 2.45) is 0 Å². The third-order valence-electron chi connectivity index (χ3n) is 2.32. The summed E-state index contributed by atoms with van der Waals surface area (Å²) in [4.78, 5) is 12.0. The number of nitrogens with one attached hydrogen (secondary N) is 1. The van der Waals surface area contributed by atoms with Crippen LogP contribution in [-0.4, -0.2) is 5.91 Å². The molecule has 0 unspecified atom stereocenters. The lowest BCUT2D eigenvalue weighted by Gasteiger charge is -2.08. The first-order valence-electron chi connectivity index (χ1n) is 5.09. The average Bonchev–Trinajstić information content (AvgIpc) is 2.35. The van der Waals surface area contributed by atoms with Crippen molar-refractivity contribution in [1.29, 1.82) is 0 Å². The van der Waals surface area contributed by atoms with Gasteiger partial charge in [-0.15, -0.1) is 0 Å². The maximum Gasteiger partial charge on any atom is 0.257 e. The molecule has 0 aliphatic rings. The van der Waals surface area contributed by atoms with Gasteiger partial charge < -0.3 is 5.32 Å². The summed E-state index contributed by atoms with van der Waals surface area (Å²) in [6, 6.07) is 11.5. The molecule has 0 spiro atoms. The lowest BCUT2D eigenvalue weighted by Crippen LogP contribution is -2.13. The number of amides is 1. The summed E-state index contributed by atoms with van der Waals surface area (Å²) >= 11 is 7.86. The normalized spacial score (nSPS) is 10.2. The minimum atomic E-state index is -0.605. The number of halogens is 3. The molecule has 0 radical (unpaired) electrons. The summed E-state index contributed by atoms with van der Waals surface area (Å²) in [7, 11) is 0. The SMILES string of the molecule is O=C(Nc1ccccc1I)c1cccc(F)c1Cl. The lowest BCUT2D eigenvalue weighted by atomic mass is 10.2. The number of carbonyl (C=O) groups is 1. The Kier molecular flexibility index (Phi) is 4.19. The van der Waals surface area contributed by atoms with E-state index in [-0.39, 0.29) is 10.6 Å². The molecule has 0 aliphatic heterocycles. The third kappa shape index (κ3) is 2.81.